The molecular weight excluding hydrogens is 306 g/mol. The second-order valence-electron chi connectivity index (χ2n) is 4.14. The highest BCUT2D eigenvalue weighted by molar-refractivity contribution is 9.10. The zero-order valence-electron chi connectivity index (χ0n) is 10.3. The molecule has 0 fully saturated rings. The number of hydrogen-bond donors (Lipinski definition) is 2. The van der Waals surface area contributed by atoms with Crippen molar-refractivity contribution >= 4 is 21.8 Å². The Morgan fingerprint density at radius 1 is 1.11 bits per heavy atom. The van der Waals surface area contributed by atoms with Gasteiger partial charge in [0.25, 0.3) is 5.91 Å². The molecule has 0 unspecified atom stereocenters. The molecule has 98 valence electrons. The highest BCUT2D eigenvalue weighted by atomic mass is 79.9. The summed E-state index contributed by atoms with van der Waals surface area (Å²) in [6.45, 7) is 0.493. The minimum atomic E-state index is -0.108. The first-order chi connectivity index (χ1) is 9.16. The fourth-order valence-electron chi connectivity index (χ4n) is 1.74. The van der Waals surface area contributed by atoms with E-state index in [0.717, 1.165) is 10.0 Å². The van der Waals surface area contributed by atoms with Crippen molar-refractivity contribution in [2.45, 2.75) is 6.42 Å². The van der Waals surface area contributed by atoms with Crippen LogP contribution >= 0.6 is 15.9 Å². The lowest BCUT2D eigenvalue weighted by atomic mass is 10.1. The number of hydrogen-bond acceptors (Lipinski definition) is 2. The quantitative estimate of drug-likeness (QED) is 0.909. The first-order valence-electron chi connectivity index (χ1n) is 5.97. The molecule has 4 heteroatoms. The summed E-state index contributed by atoms with van der Waals surface area (Å²) in [5, 5.41) is 12.4. The highest BCUT2D eigenvalue weighted by Crippen LogP contribution is 2.15. The van der Waals surface area contributed by atoms with Crippen molar-refractivity contribution in [3.05, 3.63) is 64.1 Å². The average Bonchev–Trinajstić information content (AvgIpc) is 2.41. The molecule has 0 aliphatic heterocycles. The first-order valence-corrected chi connectivity index (χ1v) is 6.77. The number of aromatic hydroxyl groups is 1. The number of phenols is 1. The number of benzene rings is 2. The first kappa shape index (κ1) is 13.6. The van der Waals surface area contributed by atoms with Crippen molar-refractivity contribution < 1.29 is 9.90 Å². The molecule has 2 aromatic rings. The molecule has 0 bridgehead atoms. The molecule has 0 spiro atoms. The summed E-state index contributed by atoms with van der Waals surface area (Å²) in [7, 11) is 0. The maximum atomic E-state index is 11.8. The fraction of sp³-hybridized carbons (Fsp3) is 0.133. The number of halogens is 1. The molecule has 2 rings (SSSR count). The largest absolute Gasteiger partial charge is 0.508 e. The summed E-state index contributed by atoms with van der Waals surface area (Å²) in [5.74, 6) is 0.156. The van der Waals surface area contributed by atoms with Gasteiger partial charge >= 0.3 is 0 Å². The van der Waals surface area contributed by atoms with Gasteiger partial charge in [-0.05, 0) is 42.3 Å². The fourth-order valence-corrected chi connectivity index (χ4v) is 2.00. The molecule has 0 saturated carbocycles. The van der Waals surface area contributed by atoms with E-state index in [2.05, 4.69) is 21.2 Å². The van der Waals surface area contributed by atoms with Gasteiger partial charge in [-0.15, -0.1) is 0 Å². The van der Waals surface area contributed by atoms with E-state index in [1.165, 1.54) is 0 Å². The molecule has 2 aromatic carbocycles. The van der Waals surface area contributed by atoms with Crippen molar-refractivity contribution in [1.82, 2.24) is 5.32 Å². The maximum Gasteiger partial charge on any atom is 0.251 e. The van der Waals surface area contributed by atoms with E-state index < -0.39 is 0 Å². The number of nitrogens with one attached hydrogen (secondary N) is 1. The van der Waals surface area contributed by atoms with E-state index in [4.69, 9.17) is 0 Å². The van der Waals surface area contributed by atoms with Crippen LogP contribution in [0.5, 0.6) is 5.75 Å². The Kier molecular flexibility index (Phi) is 4.58. The van der Waals surface area contributed by atoms with E-state index in [0.29, 0.717) is 18.5 Å². The summed E-state index contributed by atoms with van der Waals surface area (Å²) < 4.78 is 0.943. The predicted octanol–water partition coefficient (Wildman–Crippen LogP) is 3.13. The molecule has 0 saturated heterocycles. The van der Waals surface area contributed by atoms with Crippen molar-refractivity contribution in [2.75, 3.05) is 6.54 Å². The molecule has 0 heterocycles. The van der Waals surface area contributed by atoms with Crippen LogP contribution in [0.1, 0.15) is 15.9 Å². The third-order valence-electron chi connectivity index (χ3n) is 2.78. The molecule has 2 N–H and O–H groups in total. The lowest BCUT2D eigenvalue weighted by Gasteiger charge is -2.06. The van der Waals surface area contributed by atoms with Gasteiger partial charge in [0, 0.05) is 16.6 Å². The van der Waals surface area contributed by atoms with Crippen LogP contribution in [0.3, 0.4) is 0 Å². The lowest BCUT2D eigenvalue weighted by molar-refractivity contribution is 0.0954. The summed E-state index contributed by atoms with van der Waals surface area (Å²) in [6, 6.07) is 14.3. The summed E-state index contributed by atoms with van der Waals surface area (Å²) in [4.78, 5) is 11.8. The predicted molar refractivity (Wildman–Crippen MR) is 78.3 cm³/mol. The zero-order chi connectivity index (χ0) is 13.7. The van der Waals surface area contributed by atoms with E-state index in [9.17, 15) is 9.90 Å². The molecule has 19 heavy (non-hydrogen) atoms. The average molecular weight is 320 g/mol. The molecule has 0 aliphatic carbocycles. The van der Waals surface area contributed by atoms with Crippen LogP contribution in [0.25, 0.3) is 0 Å². The van der Waals surface area contributed by atoms with Crippen molar-refractivity contribution in [3.8, 4) is 5.75 Å². The number of carbonyl (C=O) groups excluding carboxylic acids is 1. The highest BCUT2D eigenvalue weighted by Gasteiger charge is 2.05. The van der Waals surface area contributed by atoms with Crippen LogP contribution in [0.4, 0.5) is 0 Å². The van der Waals surface area contributed by atoms with Crippen LogP contribution < -0.4 is 5.32 Å². The van der Waals surface area contributed by atoms with Crippen LogP contribution in [-0.2, 0) is 6.42 Å². The molecular formula is C15H14BrNO2. The number of phenolic OH excluding ortho intramolecular Hbond substituents is 1. The summed E-state index contributed by atoms with van der Waals surface area (Å²) >= 11 is 3.33. The van der Waals surface area contributed by atoms with Crippen molar-refractivity contribution in [2.24, 2.45) is 0 Å². The molecule has 3 nitrogen and oxygen atoms in total. The van der Waals surface area contributed by atoms with Gasteiger partial charge in [0.2, 0.25) is 0 Å². The van der Waals surface area contributed by atoms with Gasteiger partial charge in [0.1, 0.15) is 5.75 Å². The molecule has 0 aliphatic rings. The minimum Gasteiger partial charge on any atom is -0.508 e. The number of amides is 1. The van der Waals surface area contributed by atoms with Gasteiger partial charge in [-0.1, -0.05) is 34.1 Å². The third-order valence-corrected chi connectivity index (χ3v) is 3.31. The molecule has 0 radical (unpaired) electrons. The van der Waals surface area contributed by atoms with Crippen molar-refractivity contribution in [1.29, 1.82) is 0 Å². The van der Waals surface area contributed by atoms with E-state index in [-0.39, 0.29) is 11.7 Å². The monoisotopic (exact) mass is 319 g/mol. The van der Waals surface area contributed by atoms with Gasteiger partial charge in [-0.3, -0.25) is 4.79 Å². The number of para-hydroxylation sites is 1. The smallest absolute Gasteiger partial charge is 0.251 e. The molecule has 1 amide bonds. The van der Waals surface area contributed by atoms with Gasteiger partial charge in [-0.25, -0.2) is 0 Å². The van der Waals surface area contributed by atoms with Gasteiger partial charge < -0.3 is 10.4 Å². The van der Waals surface area contributed by atoms with Gasteiger partial charge in [0.15, 0.2) is 0 Å². The van der Waals surface area contributed by atoms with Crippen LogP contribution in [-0.4, -0.2) is 17.6 Å². The normalized spacial score (nSPS) is 10.2. The second kappa shape index (κ2) is 6.38. The Bertz CT molecular complexity index is 567. The van der Waals surface area contributed by atoms with Crippen molar-refractivity contribution in [3.63, 3.8) is 0 Å². The van der Waals surface area contributed by atoms with Gasteiger partial charge in [0.05, 0.1) is 0 Å². The zero-order valence-corrected chi connectivity index (χ0v) is 11.9. The van der Waals surface area contributed by atoms with Crippen LogP contribution in [0, 0.1) is 0 Å². The Morgan fingerprint density at radius 2 is 1.79 bits per heavy atom. The Morgan fingerprint density at radius 3 is 2.47 bits per heavy atom. The maximum absolute atomic E-state index is 11.8. The number of carbonyl (C=O) groups is 1. The molecule has 0 atom stereocenters. The summed E-state index contributed by atoms with van der Waals surface area (Å²) in [6.07, 6.45) is 0.606. The van der Waals surface area contributed by atoms with E-state index in [1.54, 1.807) is 24.3 Å². The lowest BCUT2D eigenvalue weighted by Crippen LogP contribution is -2.25. The minimum absolute atomic E-state index is 0.108. The standard InChI is InChI=1S/C15H14BrNO2/c16-13-7-5-12(6-8-13)15(19)17-10-9-11-3-1-2-4-14(11)18/h1-8,18H,9-10H2,(H,17,19). The van der Waals surface area contributed by atoms with E-state index in [1.807, 2.05) is 24.3 Å². The topological polar surface area (TPSA) is 49.3 Å². The van der Waals surface area contributed by atoms with Crippen LogP contribution in [0.2, 0.25) is 0 Å². The Balaban J connectivity index is 1.88. The Hall–Kier alpha value is -1.81. The van der Waals surface area contributed by atoms with E-state index >= 15 is 0 Å². The van der Waals surface area contributed by atoms with Crippen LogP contribution in [0.15, 0.2) is 53.0 Å². The Labute approximate surface area is 120 Å². The number of rotatable bonds is 4. The van der Waals surface area contributed by atoms with Gasteiger partial charge in [-0.2, -0.15) is 0 Å². The second-order valence-corrected chi connectivity index (χ2v) is 5.06. The summed E-state index contributed by atoms with van der Waals surface area (Å²) in [5.41, 5.74) is 1.46. The third kappa shape index (κ3) is 3.83. The molecule has 0 aromatic heterocycles. The SMILES string of the molecule is O=C(NCCc1ccccc1O)c1ccc(Br)cc1.